The smallest absolute Gasteiger partial charge is 0.292 e. The van der Waals surface area contributed by atoms with E-state index in [0.717, 1.165) is 11.3 Å². The summed E-state index contributed by atoms with van der Waals surface area (Å²) in [5.74, 6) is 0.636. The van der Waals surface area contributed by atoms with E-state index in [1.54, 1.807) is 37.4 Å². The molecule has 24 heavy (non-hydrogen) atoms. The molecule has 0 aliphatic carbocycles. The first kappa shape index (κ1) is 17.3. The molecule has 0 saturated heterocycles. The number of ether oxygens (including phenoxy) is 1. The number of hydrogen-bond acceptors (Lipinski definition) is 5. The van der Waals surface area contributed by atoms with Crippen LogP contribution in [0.2, 0.25) is 0 Å². The quantitative estimate of drug-likeness (QED) is 0.440. The van der Waals surface area contributed by atoms with Crippen molar-refractivity contribution in [3.63, 3.8) is 0 Å². The summed E-state index contributed by atoms with van der Waals surface area (Å²) in [7, 11) is 1.59. The fraction of sp³-hybridized carbons (Fsp3) is 0.235. The van der Waals surface area contributed by atoms with Gasteiger partial charge in [-0.3, -0.25) is 14.9 Å². The zero-order valence-corrected chi connectivity index (χ0v) is 13.3. The van der Waals surface area contributed by atoms with E-state index < -0.39 is 4.92 Å². The summed E-state index contributed by atoms with van der Waals surface area (Å²) < 4.78 is 5.07. The Balaban J connectivity index is 1.75. The van der Waals surface area contributed by atoms with Crippen LogP contribution in [0.25, 0.3) is 0 Å². The van der Waals surface area contributed by atoms with Gasteiger partial charge in [-0.15, -0.1) is 0 Å². The van der Waals surface area contributed by atoms with E-state index in [-0.39, 0.29) is 18.0 Å². The number of carbonyl (C=O) groups excluding carboxylic acids is 1. The van der Waals surface area contributed by atoms with Crippen molar-refractivity contribution in [2.75, 3.05) is 25.5 Å². The first-order chi connectivity index (χ1) is 11.6. The second-order valence-corrected chi connectivity index (χ2v) is 5.08. The van der Waals surface area contributed by atoms with Crippen molar-refractivity contribution in [3.05, 3.63) is 64.2 Å². The first-order valence-electron chi connectivity index (χ1n) is 7.47. The maximum atomic E-state index is 11.9. The number of nitro groups is 1. The topological polar surface area (TPSA) is 93.5 Å². The summed E-state index contributed by atoms with van der Waals surface area (Å²) >= 11 is 0. The number of nitrogens with zero attached hydrogens (tertiary/aromatic N) is 1. The van der Waals surface area contributed by atoms with Gasteiger partial charge in [-0.2, -0.15) is 0 Å². The van der Waals surface area contributed by atoms with Gasteiger partial charge in [0, 0.05) is 19.2 Å². The molecule has 2 N–H and O–H groups in total. The van der Waals surface area contributed by atoms with Gasteiger partial charge in [-0.1, -0.05) is 24.3 Å². The molecule has 0 atom stereocenters. The lowest BCUT2D eigenvalue weighted by Crippen LogP contribution is -2.30. The fourth-order valence-electron chi connectivity index (χ4n) is 2.17. The Morgan fingerprint density at radius 1 is 1.12 bits per heavy atom. The molecule has 0 saturated carbocycles. The Bertz CT molecular complexity index is 701. The number of nitro benzene ring substituents is 1. The largest absolute Gasteiger partial charge is 0.497 e. The van der Waals surface area contributed by atoms with Crippen molar-refractivity contribution in [2.24, 2.45) is 0 Å². The van der Waals surface area contributed by atoms with Crippen molar-refractivity contribution >= 4 is 17.3 Å². The van der Waals surface area contributed by atoms with Gasteiger partial charge < -0.3 is 15.4 Å². The minimum Gasteiger partial charge on any atom is -0.497 e. The van der Waals surface area contributed by atoms with Gasteiger partial charge >= 0.3 is 0 Å². The number of amides is 1. The van der Waals surface area contributed by atoms with Crippen molar-refractivity contribution in [3.8, 4) is 5.75 Å². The molecule has 126 valence electrons. The van der Waals surface area contributed by atoms with Gasteiger partial charge in [0.2, 0.25) is 5.91 Å². The summed E-state index contributed by atoms with van der Waals surface area (Å²) in [5, 5.41) is 16.6. The predicted molar refractivity (Wildman–Crippen MR) is 91.3 cm³/mol. The van der Waals surface area contributed by atoms with Crippen molar-refractivity contribution in [1.29, 1.82) is 0 Å². The lowest BCUT2D eigenvalue weighted by molar-refractivity contribution is -0.384. The van der Waals surface area contributed by atoms with Gasteiger partial charge in [0.1, 0.15) is 11.4 Å². The molecule has 0 bridgehead atoms. The molecule has 0 spiro atoms. The predicted octanol–water partition coefficient (Wildman–Crippen LogP) is 2.37. The molecule has 0 aliphatic rings. The molecule has 0 heterocycles. The maximum absolute atomic E-state index is 11.9. The summed E-state index contributed by atoms with van der Waals surface area (Å²) in [6.45, 7) is 0.778. The van der Waals surface area contributed by atoms with E-state index in [1.807, 2.05) is 12.1 Å². The van der Waals surface area contributed by atoms with Crippen LogP contribution in [0, 0.1) is 10.1 Å². The third kappa shape index (κ3) is 4.98. The molecule has 2 aromatic rings. The Hall–Kier alpha value is -3.09. The number of anilines is 1. The molecule has 0 aromatic heterocycles. The molecule has 0 fully saturated rings. The summed E-state index contributed by atoms with van der Waals surface area (Å²) in [6.07, 6.45) is 0.273. The highest BCUT2D eigenvalue weighted by Crippen LogP contribution is 2.22. The Morgan fingerprint density at radius 3 is 2.50 bits per heavy atom. The molecular formula is C17H19N3O4. The highest BCUT2D eigenvalue weighted by Gasteiger charge is 2.11. The lowest BCUT2D eigenvalue weighted by atomic mass is 10.1. The molecule has 2 rings (SSSR count). The third-order valence-corrected chi connectivity index (χ3v) is 3.39. The second kappa shape index (κ2) is 8.52. The molecule has 0 aliphatic heterocycles. The zero-order chi connectivity index (χ0) is 17.4. The van der Waals surface area contributed by atoms with E-state index in [4.69, 9.17) is 4.74 Å². The van der Waals surface area contributed by atoms with Gasteiger partial charge in [0.05, 0.1) is 18.5 Å². The van der Waals surface area contributed by atoms with Crippen molar-refractivity contribution in [1.82, 2.24) is 5.32 Å². The highest BCUT2D eigenvalue weighted by atomic mass is 16.6. The van der Waals surface area contributed by atoms with Crippen LogP contribution in [0.15, 0.2) is 48.5 Å². The molecule has 7 heteroatoms. The summed E-state index contributed by atoms with van der Waals surface area (Å²) in [6, 6.07) is 13.7. The summed E-state index contributed by atoms with van der Waals surface area (Å²) in [4.78, 5) is 22.3. The number of nitrogens with one attached hydrogen (secondary N) is 2. The van der Waals surface area contributed by atoms with Crippen LogP contribution in [0.1, 0.15) is 5.56 Å². The van der Waals surface area contributed by atoms with Crippen LogP contribution < -0.4 is 15.4 Å². The van der Waals surface area contributed by atoms with Gasteiger partial charge in [-0.05, 0) is 23.8 Å². The average Bonchev–Trinajstić information content (AvgIpc) is 2.59. The number of benzene rings is 2. The number of hydrogen-bond donors (Lipinski definition) is 2. The highest BCUT2D eigenvalue weighted by molar-refractivity contribution is 5.78. The second-order valence-electron chi connectivity index (χ2n) is 5.08. The Kier molecular flexibility index (Phi) is 6.13. The van der Waals surface area contributed by atoms with Gasteiger partial charge in [0.15, 0.2) is 0 Å². The number of rotatable bonds is 8. The first-order valence-corrected chi connectivity index (χ1v) is 7.47. The standard InChI is InChI=1S/C17H19N3O4/c1-24-14-8-6-13(7-9-14)12-17(21)19-11-10-18-15-4-2-3-5-16(15)20(22)23/h2-9,18H,10-12H2,1H3,(H,19,21). The maximum Gasteiger partial charge on any atom is 0.292 e. The van der Waals surface area contributed by atoms with Crippen LogP contribution in [0.5, 0.6) is 5.75 Å². The fourth-order valence-corrected chi connectivity index (χ4v) is 2.17. The van der Waals surface area contributed by atoms with E-state index in [1.165, 1.54) is 6.07 Å². The van der Waals surface area contributed by atoms with Crippen LogP contribution in [0.4, 0.5) is 11.4 Å². The van der Waals surface area contributed by atoms with E-state index in [2.05, 4.69) is 10.6 Å². The van der Waals surface area contributed by atoms with Crippen LogP contribution >= 0.6 is 0 Å². The molecule has 0 radical (unpaired) electrons. The van der Waals surface area contributed by atoms with Crippen LogP contribution in [-0.2, 0) is 11.2 Å². The SMILES string of the molecule is COc1ccc(CC(=O)NCCNc2ccccc2[N+](=O)[O-])cc1. The number of para-hydroxylation sites is 2. The van der Waals surface area contributed by atoms with E-state index in [0.29, 0.717) is 18.8 Å². The molecule has 2 aromatic carbocycles. The minimum absolute atomic E-state index is 0.0158. The number of carbonyl (C=O) groups is 1. The summed E-state index contributed by atoms with van der Waals surface area (Å²) in [5.41, 5.74) is 1.34. The third-order valence-electron chi connectivity index (χ3n) is 3.39. The van der Waals surface area contributed by atoms with Crippen molar-refractivity contribution < 1.29 is 14.5 Å². The number of methoxy groups -OCH3 is 1. The molecular weight excluding hydrogens is 310 g/mol. The average molecular weight is 329 g/mol. The monoisotopic (exact) mass is 329 g/mol. The van der Waals surface area contributed by atoms with E-state index >= 15 is 0 Å². The zero-order valence-electron chi connectivity index (χ0n) is 13.3. The molecule has 0 unspecified atom stereocenters. The van der Waals surface area contributed by atoms with Gasteiger partial charge in [0.25, 0.3) is 5.69 Å². The molecule has 1 amide bonds. The molecule has 7 nitrogen and oxygen atoms in total. The normalized spacial score (nSPS) is 10.0. The Labute approximate surface area is 139 Å². The van der Waals surface area contributed by atoms with E-state index in [9.17, 15) is 14.9 Å². The van der Waals surface area contributed by atoms with Gasteiger partial charge in [-0.25, -0.2) is 0 Å². The Morgan fingerprint density at radius 2 is 1.83 bits per heavy atom. The minimum atomic E-state index is -0.440. The van der Waals surface area contributed by atoms with Crippen LogP contribution in [-0.4, -0.2) is 31.0 Å². The van der Waals surface area contributed by atoms with Crippen molar-refractivity contribution in [2.45, 2.75) is 6.42 Å². The lowest BCUT2D eigenvalue weighted by Gasteiger charge is -2.08. The van der Waals surface area contributed by atoms with Crippen LogP contribution in [0.3, 0.4) is 0 Å².